The Morgan fingerprint density at radius 1 is 1.05 bits per heavy atom. The Labute approximate surface area is 214 Å². The van der Waals surface area contributed by atoms with Crippen molar-refractivity contribution < 1.29 is 23.9 Å². The number of ether oxygens (including phenoxy) is 1. The van der Waals surface area contributed by atoms with Crippen LogP contribution in [0.25, 0.3) is 0 Å². The molecule has 1 aliphatic heterocycles. The molecule has 0 aliphatic carbocycles. The third kappa shape index (κ3) is 7.61. The Kier molecular flexibility index (Phi) is 9.33. The van der Waals surface area contributed by atoms with Gasteiger partial charge in [-0.15, -0.1) is 0 Å². The number of benzene rings is 2. The quantitative estimate of drug-likeness (QED) is 0.184. The van der Waals surface area contributed by atoms with E-state index in [4.69, 9.17) is 27.3 Å². The van der Waals surface area contributed by atoms with Gasteiger partial charge in [0.2, 0.25) is 11.8 Å². The summed E-state index contributed by atoms with van der Waals surface area (Å²) < 4.78 is 5.97. The van der Waals surface area contributed by atoms with Crippen LogP contribution in [0.15, 0.2) is 36.4 Å². The average Bonchev–Trinajstić information content (AvgIpc) is 2.85. The second kappa shape index (κ2) is 12.6. The molecule has 1 aliphatic rings. The molecular weight excluding hydrogens is 476 g/mol. The highest BCUT2D eigenvalue weighted by Gasteiger charge is 2.25. The number of anilines is 1. The van der Waals surface area contributed by atoms with Crippen LogP contribution in [0, 0.1) is 5.41 Å². The fraction of sp³-hybridized carbons (Fsp3) is 0.346. The highest BCUT2D eigenvalue weighted by Crippen LogP contribution is 2.26. The standard InChI is InChI=1S/C26H32N6O5/c27-10-2-1-3-19-21(33)7-9-24(34)31-20-13-16(25(30)35)5-6-17(20)14-37-22-8-4-15(12-23(28)29)11-18(22)26(36)32-19/h4-6,8,11,13,19H,1-3,7,9-10,12,14,27H2,(H3,28,29)(H2,30,35)(H,31,34)(H,32,36)/t19-/m0/s1. The van der Waals surface area contributed by atoms with E-state index in [1.807, 2.05) is 0 Å². The second-order valence-corrected chi connectivity index (χ2v) is 8.88. The predicted molar refractivity (Wildman–Crippen MR) is 138 cm³/mol. The number of ketones is 1. The van der Waals surface area contributed by atoms with E-state index in [-0.39, 0.29) is 54.4 Å². The first-order valence-corrected chi connectivity index (χ1v) is 12.0. The maximum Gasteiger partial charge on any atom is 0.255 e. The Morgan fingerprint density at radius 2 is 1.84 bits per heavy atom. The molecule has 2 aromatic rings. The molecular formula is C26H32N6O5. The van der Waals surface area contributed by atoms with Gasteiger partial charge < -0.3 is 32.6 Å². The molecule has 0 saturated heterocycles. The molecule has 2 aromatic carbocycles. The van der Waals surface area contributed by atoms with Gasteiger partial charge in [-0.05, 0) is 55.6 Å². The van der Waals surface area contributed by atoms with Crippen LogP contribution in [-0.2, 0) is 22.6 Å². The summed E-state index contributed by atoms with van der Waals surface area (Å²) in [5.74, 6) is -1.70. The van der Waals surface area contributed by atoms with Crippen molar-refractivity contribution in [1.29, 1.82) is 5.41 Å². The number of fused-ring (bicyclic) bond motifs is 2. The molecule has 0 fully saturated rings. The number of rotatable bonds is 7. The second-order valence-electron chi connectivity index (χ2n) is 8.88. The number of Topliss-reactive ketones (excluding diaryl/α,β-unsaturated/α-hetero) is 1. The Hall–Kier alpha value is -4.25. The highest BCUT2D eigenvalue weighted by atomic mass is 16.5. The third-order valence-electron chi connectivity index (χ3n) is 5.97. The minimum Gasteiger partial charge on any atom is -0.488 e. The molecule has 0 radical (unpaired) electrons. The number of carbonyl (C=O) groups excluding carboxylic acids is 4. The summed E-state index contributed by atoms with van der Waals surface area (Å²) in [6.07, 6.45) is 1.63. The fourth-order valence-corrected chi connectivity index (χ4v) is 4.00. The van der Waals surface area contributed by atoms with Crippen LogP contribution >= 0.6 is 0 Å². The molecule has 0 unspecified atom stereocenters. The van der Waals surface area contributed by atoms with Gasteiger partial charge in [-0.2, -0.15) is 0 Å². The molecule has 0 bridgehead atoms. The first-order chi connectivity index (χ1) is 17.7. The molecule has 3 rings (SSSR count). The van der Waals surface area contributed by atoms with Crippen molar-refractivity contribution in [3.05, 3.63) is 58.7 Å². The summed E-state index contributed by atoms with van der Waals surface area (Å²) in [5.41, 5.74) is 18.4. The van der Waals surface area contributed by atoms with Gasteiger partial charge in [0.25, 0.3) is 5.91 Å². The van der Waals surface area contributed by atoms with Crippen molar-refractivity contribution in [2.24, 2.45) is 17.2 Å². The number of amides is 3. The maximum atomic E-state index is 13.3. The summed E-state index contributed by atoms with van der Waals surface area (Å²) in [5, 5.41) is 13.1. The van der Waals surface area contributed by atoms with Crippen LogP contribution in [0.1, 0.15) is 63.9 Å². The monoisotopic (exact) mass is 508 g/mol. The van der Waals surface area contributed by atoms with Crippen molar-refractivity contribution in [2.45, 2.75) is 51.2 Å². The topological polar surface area (TPSA) is 203 Å². The summed E-state index contributed by atoms with van der Waals surface area (Å²) in [7, 11) is 0. The predicted octanol–water partition coefficient (Wildman–Crippen LogP) is 1.37. The zero-order chi connectivity index (χ0) is 26.9. The van der Waals surface area contributed by atoms with Gasteiger partial charge in [0, 0.05) is 36.1 Å². The number of primary amides is 1. The van der Waals surface area contributed by atoms with E-state index in [1.54, 1.807) is 24.3 Å². The first kappa shape index (κ1) is 27.3. The van der Waals surface area contributed by atoms with Crippen LogP contribution in [0.4, 0.5) is 5.69 Å². The van der Waals surface area contributed by atoms with E-state index in [2.05, 4.69) is 10.6 Å². The fourth-order valence-electron chi connectivity index (χ4n) is 4.00. The molecule has 0 saturated carbocycles. The van der Waals surface area contributed by atoms with E-state index in [9.17, 15) is 19.2 Å². The average molecular weight is 509 g/mol. The highest BCUT2D eigenvalue weighted by molar-refractivity contribution is 6.02. The van der Waals surface area contributed by atoms with Gasteiger partial charge in [-0.25, -0.2) is 0 Å². The number of nitrogens with two attached hydrogens (primary N) is 3. The molecule has 196 valence electrons. The summed E-state index contributed by atoms with van der Waals surface area (Å²) in [6, 6.07) is 8.63. The zero-order valence-electron chi connectivity index (χ0n) is 20.5. The number of carbonyl (C=O) groups is 4. The summed E-state index contributed by atoms with van der Waals surface area (Å²) in [4.78, 5) is 50.7. The first-order valence-electron chi connectivity index (χ1n) is 12.0. The van der Waals surface area contributed by atoms with Crippen LogP contribution in [0.3, 0.4) is 0 Å². The molecule has 0 spiro atoms. The van der Waals surface area contributed by atoms with Crippen molar-refractivity contribution in [2.75, 3.05) is 11.9 Å². The number of unbranched alkanes of at least 4 members (excludes halogenated alkanes) is 1. The molecule has 37 heavy (non-hydrogen) atoms. The minimum atomic E-state index is -0.812. The molecule has 1 heterocycles. The SMILES string of the molecule is N=C(N)Cc1ccc2c(c1)C(=O)N[C@@H](CCCCN)C(=O)CCC(=O)Nc1cc(C(N)=O)ccc1CO2. The van der Waals surface area contributed by atoms with Gasteiger partial charge in [-0.1, -0.05) is 12.1 Å². The summed E-state index contributed by atoms with van der Waals surface area (Å²) in [6.45, 7) is 0.425. The Morgan fingerprint density at radius 3 is 2.54 bits per heavy atom. The van der Waals surface area contributed by atoms with Crippen molar-refractivity contribution in [3.8, 4) is 5.75 Å². The number of nitrogens with one attached hydrogen (secondary N) is 3. The zero-order valence-corrected chi connectivity index (χ0v) is 20.5. The van der Waals surface area contributed by atoms with Gasteiger partial charge in [0.05, 0.1) is 17.4 Å². The number of hydrogen-bond donors (Lipinski definition) is 6. The molecule has 11 nitrogen and oxygen atoms in total. The molecule has 9 N–H and O–H groups in total. The summed E-state index contributed by atoms with van der Waals surface area (Å²) >= 11 is 0. The minimum absolute atomic E-state index is 0.0279. The van der Waals surface area contributed by atoms with Gasteiger partial charge >= 0.3 is 0 Å². The largest absolute Gasteiger partial charge is 0.488 e. The van der Waals surface area contributed by atoms with Gasteiger partial charge in [0.1, 0.15) is 12.4 Å². The van der Waals surface area contributed by atoms with E-state index in [0.717, 1.165) is 0 Å². The Balaban J connectivity index is 2.02. The number of amidine groups is 1. The van der Waals surface area contributed by atoms with Crippen molar-refractivity contribution in [1.82, 2.24) is 5.32 Å². The van der Waals surface area contributed by atoms with E-state index < -0.39 is 23.8 Å². The molecule has 0 aromatic heterocycles. The van der Waals surface area contributed by atoms with Gasteiger partial charge in [-0.3, -0.25) is 24.6 Å². The van der Waals surface area contributed by atoms with E-state index in [1.165, 1.54) is 12.1 Å². The van der Waals surface area contributed by atoms with E-state index >= 15 is 0 Å². The van der Waals surface area contributed by atoms with Crippen LogP contribution in [0.2, 0.25) is 0 Å². The lowest BCUT2D eigenvalue weighted by Crippen LogP contribution is -2.41. The molecule has 3 amide bonds. The van der Waals surface area contributed by atoms with Crippen LogP contribution in [-0.4, -0.2) is 41.9 Å². The lowest BCUT2D eigenvalue weighted by atomic mass is 9.99. The molecule has 11 heteroatoms. The van der Waals surface area contributed by atoms with Crippen LogP contribution in [0.5, 0.6) is 5.75 Å². The molecule has 1 atom stereocenters. The van der Waals surface area contributed by atoms with Crippen molar-refractivity contribution in [3.63, 3.8) is 0 Å². The maximum absolute atomic E-state index is 13.3. The normalized spacial score (nSPS) is 16.4. The van der Waals surface area contributed by atoms with Crippen LogP contribution < -0.4 is 32.6 Å². The van der Waals surface area contributed by atoms with Gasteiger partial charge in [0.15, 0.2) is 5.78 Å². The lowest BCUT2D eigenvalue weighted by molar-refractivity contribution is -0.124. The lowest BCUT2D eigenvalue weighted by Gasteiger charge is -2.21. The Bertz CT molecular complexity index is 1210. The third-order valence-corrected chi connectivity index (χ3v) is 5.97. The number of hydrogen-bond acceptors (Lipinski definition) is 7. The smallest absolute Gasteiger partial charge is 0.255 e. The van der Waals surface area contributed by atoms with Crippen molar-refractivity contribution >= 4 is 35.0 Å². The van der Waals surface area contributed by atoms with E-state index in [0.29, 0.717) is 42.6 Å².